The van der Waals surface area contributed by atoms with E-state index >= 15 is 0 Å². The monoisotopic (exact) mass is 458 g/mol. The number of aromatic nitrogens is 1. The molecule has 1 unspecified atom stereocenters. The number of carbonyl (C=O) groups excluding carboxylic acids is 4. The lowest BCUT2D eigenvalue weighted by atomic mass is 10.2. The lowest BCUT2D eigenvalue weighted by molar-refractivity contribution is -0.140. The molecule has 1 aliphatic heterocycles. The van der Waals surface area contributed by atoms with Crippen LogP contribution in [-0.2, 0) is 14.4 Å². The average molecular weight is 458 g/mol. The number of imide groups is 1. The molecule has 34 heavy (non-hydrogen) atoms. The Labute approximate surface area is 195 Å². The Bertz CT molecular complexity index is 1200. The van der Waals surface area contributed by atoms with Crippen molar-refractivity contribution >= 4 is 29.3 Å². The van der Waals surface area contributed by atoms with Gasteiger partial charge in [-0.25, -0.2) is 9.91 Å². The van der Waals surface area contributed by atoms with E-state index in [1.807, 2.05) is 30.3 Å². The smallest absolute Gasteiger partial charge is 0.271 e. The fraction of sp³-hybridized carbons (Fsp3) is 0.160. The minimum Gasteiger partial charge on any atom is -0.457 e. The van der Waals surface area contributed by atoms with Gasteiger partial charge in [0, 0.05) is 18.8 Å². The second-order valence-electron chi connectivity index (χ2n) is 7.50. The van der Waals surface area contributed by atoms with Crippen molar-refractivity contribution in [3.8, 4) is 11.5 Å². The number of benzene rings is 2. The summed E-state index contributed by atoms with van der Waals surface area (Å²) in [5.74, 6) is -0.974. The van der Waals surface area contributed by atoms with Gasteiger partial charge < -0.3 is 4.74 Å². The van der Waals surface area contributed by atoms with E-state index in [9.17, 15) is 19.2 Å². The highest BCUT2D eigenvalue weighted by Gasteiger charge is 2.45. The fourth-order valence-corrected chi connectivity index (χ4v) is 3.53. The number of carbonyl (C=O) groups is 4. The Hall–Kier alpha value is -4.53. The van der Waals surface area contributed by atoms with Crippen molar-refractivity contribution < 1.29 is 23.9 Å². The molecule has 0 saturated carbocycles. The Morgan fingerprint density at radius 2 is 1.74 bits per heavy atom. The van der Waals surface area contributed by atoms with Gasteiger partial charge in [-0.15, -0.1) is 0 Å². The van der Waals surface area contributed by atoms with Gasteiger partial charge in [-0.05, 0) is 48.5 Å². The molecule has 4 rings (SSSR count). The number of para-hydroxylation sites is 1. The summed E-state index contributed by atoms with van der Waals surface area (Å²) in [4.78, 5) is 56.0. The van der Waals surface area contributed by atoms with Crippen molar-refractivity contribution in [2.45, 2.75) is 25.8 Å². The lowest BCUT2D eigenvalue weighted by Crippen LogP contribution is -2.54. The van der Waals surface area contributed by atoms with E-state index in [1.54, 1.807) is 37.3 Å². The van der Waals surface area contributed by atoms with Gasteiger partial charge in [0.05, 0.1) is 17.7 Å². The van der Waals surface area contributed by atoms with Crippen LogP contribution in [0.5, 0.6) is 11.5 Å². The maximum absolute atomic E-state index is 13.2. The molecule has 3 aromatic rings. The third-order valence-electron chi connectivity index (χ3n) is 5.23. The third-order valence-corrected chi connectivity index (χ3v) is 5.23. The van der Waals surface area contributed by atoms with Crippen LogP contribution in [0.1, 0.15) is 30.1 Å². The average Bonchev–Trinajstić information content (AvgIpc) is 3.17. The van der Waals surface area contributed by atoms with E-state index < -0.39 is 29.7 Å². The largest absolute Gasteiger partial charge is 0.457 e. The van der Waals surface area contributed by atoms with Crippen molar-refractivity contribution in [3.63, 3.8) is 0 Å². The number of hydrazine groups is 1. The Morgan fingerprint density at radius 1 is 1.03 bits per heavy atom. The number of ether oxygens (including phenoxy) is 1. The first kappa shape index (κ1) is 22.7. The first-order chi connectivity index (χ1) is 16.5. The van der Waals surface area contributed by atoms with Gasteiger partial charge >= 0.3 is 0 Å². The zero-order chi connectivity index (χ0) is 24.1. The van der Waals surface area contributed by atoms with Gasteiger partial charge in [-0.3, -0.25) is 29.6 Å². The van der Waals surface area contributed by atoms with Crippen LogP contribution in [0.25, 0.3) is 0 Å². The van der Waals surface area contributed by atoms with Crippen molar-refractivity contribution in [2.24, 2.45) is 0 Å². The molecule has 9 heteroatoms. The van der Waals surface area contributed by atoms with Crippen molar-refractivity contribution in [1.82, 2.24) is 15.4 Å². The van der Waals surface area contributed by atoms with E-state index in [0.717, 1.165) is 9.91 Å². The number of nitrogens with zero attached hydrogens (tertiary/aromatic N) is 3. The molecule has 1 N–H and O–H groups in total. The molecular weight excluding hydrogens is 436 g/mol. The minimum absolute atomic E-state index is 0.0385. The number of rotatable bonds is 6. The van der Waals surface area contributed by atoms with Crippen LogP contribution in [0.15, 0.2) is 79.1 Å². The predicted octanol–water partition coefficient (Wildman–Crippen LogP) is 3.09. The summed E-state index contributed by atoms with van der Waals surface area (Å²) in [5, 5.41) is 0.947. The summed E-state index contributed by atoms with van der Waals surface area (Å²) in [6.45, 7) is 1.61. The first-order valence-electron chi connectivity index (χ1n) is 10.7. The summed E-state index contributed by atoms with van der Waals surface area (Å²) in [7, 11) is 0. The zero-order valence-corrected chi connectivity index (χ0v) is 18.4. The van der Waals surface area contributed by atoms with Crippen LogP contribution in [0.4, 0.5) is 5.69 Å². The zero-order valence-electron chi connectivity index (χ0n) is 18.4. The number of pyridine rings is 1. The standard InChI is InChI=1S/C25H22N4O5/c1-2-22(30)29(27-24(32)17-7-6-14-26-16-17)21-15-23(31)28(25(21)33)18-10-12-20(13-11-18)34-19-8-4-3-5-9-19/h3-14,16,21H,2,15H2,1H3,(H,27,32). The van der Waals surface area contributed by atoms with Crippen molar-refractivity contribution in [1.29, 1.82) is 0 Å². The molecule has 1 aliphatic rings. The summed E-state index contributed by atoms with van der Waals surface area (Å²) in [5.41, 5.74) is 3.04. The lowest BCUT2D eigenvalue weighted by Gasteiger charge is -2.27. The summed E-state index contributed by atoms with van der Waals surface area (Å²) >= 11 is 0. The van der Waals surface area contributed by atoms with Gasteiger partial charge in [-0.1, -0.05) is 25.1 Å². The van der Waals surface area contributed by atoms with Gasteiger partial charge in [0.2, 0.25) is 11.8 Å². The summed E-state index contributed by atoms with van der Waals surface area (Å²) in [6.07, 6.45) is 2.65. The molecule has 1 aromatic heterocycles. The SMILES string of the molecule is CCC(=O)N(NC(=O)c1cccnc1)C1CC(=O)N(c2ccc(Oc3ccccc3)cc2)C1=O. The molecule has 1 saturated heterocycles. The molecule has 2 aromatic carbocycles. The maximum Gasteiger partial charge on any atom is 0.271 e. The molecule has 9 nitrogen and oxygen atoms in total. The van der Waals surface area contributed by atoms with E-state index in [0.29, 0.717) is 17.2 Å². The van der Waals surface area contributed by atoms with Crippen molar-refractivity contribution in [3.05, 3.63) is 84.7 Å². The summed E-state index contributed by atoms with van der Waals surface area (Å²) in [6, 6.07) is 17.6. The van der Waals surface area contributed by atoms with Crippen LogP contribution in [-0.4, -0.2) is 39.7 Å². The molecule has 2 heterocycles. The molecule has 0 radical (unpaired) electrons. The number of hydrogen-bond acceptors (Lipinski definition) is 6. The molecule has 172 valence electrons. The Morgan fingerprint density at radius 3 is 2.38 bits per heavy atom. The van der Waals surface area contributed by atoms with Gasteiger partial charge in [-0.2, -0.15) is 0 Å². The number of nitrogens with one attached hydrogen (secondary N) is 1. The van der Waals surface area contributed by atoms with E-state index in [4.69, 9.17) is 4.74 Å². The van der Waals surface area contributed by atoms with Gasteiger partial charge in [0.1, 0.15) is 17.5 Å². The number of amides is 4. The number of hydrogen-bond donors (Lipinski definition) is 1. The highest BCUT2D eigenvalue weighted by molar-refractivity contribution is 6.23. The van der Waals surface area contributed by atoms with E-state index in [1.165, 1.54) is 18.5 Å². The molecule has 4 amide bonds. The first-order valence-corrected chi connectivity index (χ1v) is 10.7. The second-order valence-corrected chi connectivity index (χ2v) is 7.50. The van der Waals surface area contributed by atoms with Gasteiger partial charge in [0.25, 0.3) is 11.8 Å². The van der Waals surface area contributed by atoms with Gasteiger partial charge in [0.15, 0.2) is 0 Å². The van der Waals surface area contributed by atoms with Crippen LogP contribution in [0, 0.1) is 0 Å². The third kappa shape index (κ3) is 4.78. The second kappa shape index (κ2) is 9.95. The van der Waals surface area contributed by atoms with Crippen LogP contribution < -0.4 is 15.1 Å². The number of anilines is 1. The predicted molar refractivity (Wildman–Crippen MR) is 123 cm³/mol. The topological polar surface area (TPSA) is 109 Å². The van der Waals surface area contributed by atoms with Crippen LogP contribution in [0.3, 0.4) is 0 Å². The normalized spacial score (nSPS) is 15.2. The minimum atomic E-state index is -1.15. The Kier molecular flexibility index (Phi) is 6.63. The highest BCUT2D eigenvalue weighted by atomic mass is 16.5. The molecule has 0 spiro atoms. The molecular formula is C25H22N4O5. The van der Waals surface area contributed by atoms with E-state index in [2.05, 4.69) is 10.4 Å². The Balaban J connectivity index is 1.52. The molecule has 1 atom stereocenters. The van der Waals surface area contributed by atoms with Crippen LogP contribution >= 0.6 is 0 Å². The molecule has 1 fully saturated rings. The van der Waals surface area contributed by atoms with E-state index in [-0.39, 0.29) is 18.4 Å². The molecule has 0 aliphatic carbocycles. The fourth-order valence-electron chi connectivity index (χ4n) is 3.53. The van der Waals surface area contributed by atoms with Crippen molar-refractivity contribution in [2.75, 3.05) is 4.90 Å². The quantitative estimate of drug-likeness (QED) is 0.449. The highest BCUT2D eigenvalue weighted by Crippen LogP contribution is 2.29. The van der Waals surface area contributed by atoms with Crippen LogP contribution in [0.2, 0.25) is 0 Å². The summed E-state index contributed by atoms with van der Waals surface area (Å²) < 4.78 is 5.75. The maximum atomic E-state index is 13.2. The molecule has 0 bridgehead atoms.